The quantitative estimate of drug-likeness (QED) is 0.505. The van der Waals surface area contributed by atoms with Gasteiger partial charge in [-0.15, -0.1) is 0 Å². The Hall–Kier alpha value is -0.110. The van der Waals surface area contributed by atoms with Gasteiger partial charge in [-0.25, -0.2) is 4.39 Å². The molecule has 0 unspecified atom stereocenters. The van der Waals surface area contributed by atoms with E-state index in [9.17, 15) is 4.39 Å². The average molecular weight is 118 g/mol. The topological polar surface area (TPSA) is 20.2 Å². The van der Waals surface area contributed by atoms with Crippen LogP contribution in [0, 0.1) is 5.92 Å². The Balaban J connectivity index is 2.39. The van der Waals surface area contributed by atoms with Crippen molar-refractivity contribution in [2.75, 3.05) is 0 Å². The van der Waals surface area contributed by atoms with E-state index in [4.69, 9.17) is 5.11 Å². The van der Waals surface area contributed by atoms with E-state index >= 15 is 0 Å². The lowest BCUT2D eigenvalue weighted by Crippen LogP contribution is -2.08. The van der Waals surface area contributed by atoms with Crippen LogP contribution in [0.5, 0.6) is 0 Å². The van der Waals surface area contributed by atoms with Crippen LogP contribution in [0.3, 0.4) is 0 Å². The van der Waals surface area contributed by atoms with Crippen LogP contribution in [-0.2, 0) is 0 Å². The number of hydrogen-bond acceptors (Lipinski definition) is 1. The number of halogens is 1. The maximum Gasteiger partial charge on any atom is 0.103 e. The Kier molecular flexibility index (Phi) is 1.52. The Morgan fingerprint density at radius 3 is 2.25 bits per heavy atom. The molecule has 3 atom stereocenters. The smallest absolute Gasteiger partial charge is 0.103 e. The first-order valence-electron chi connectivity index (χ1n) is 3.02. The molecule has 0 aliphatic heterocycles. The fourth-order valence-corrected chi connectivity index (χ4v) is 1.15. The van der Waals surface area contributed by atoms with Crippen LogP contribution in [0.2, 0.25) is 0 Å². The molecule has 1 rings (SSSR count). The largest absolute Gasteiger partial charge is 0.393 e. The van der Waals surface area contributed by atoms with Crippen molar-refractivity contribution < 1.29 is 9.50 Å². The van der Waals surface area contributed by atoms with Crippen LogP contribution in [0.25, 0.3) is 0 Å². The summed E-state index contributed by atoms with van der Waals surface area (Å²) in [4.78, 5) is 0. The van der Waals surface area contributed by atoms with Crippen molar-refractivity contribution in [2.24, 2.45) is 5.92 Å². The summed E-state index contributed by atoms with van der Waals surface area (Å²) in [6.07, 6.45) is -0.243. The van der Waals surface area contributed by atoms with Crippen LogP contribution >= 0.6 is 0 Å². The van der Waals surface area contributed by atoms with Crippen LogP contribution in [0.1, 0.15) is 19.8 Å². The molecule has 1 aliphatic rings. The summed E-state index contributed by atoms with van der Waals surface area (Å²) in [7, 11) is 0. The Morgan fingerprint density at radius 2 is 2.12 bits per heavy atom. The molecule has 0 radical (unpaired) electrons. The third kappa shape index (κ3) is 0.996. The molecule has 0 heterocycles. The summed E-state index contributed by atoms with van der Waals surface area (Å²) >= 11 is 0. The average Bonchev–Trinajstić information content (AvgIpc) is 1.85. The number of hydrogen-bond donors (Lipinski definition) is 1. The molecule has 8 heavy (non-hydrogen) atoms. The maximum atomic E-state index is 12.3. The van der Waals surface area contributed by atoms with Crippen molar-refractivity contribution in [2.45, 2.75) is 32.0 Å². The Bertz CT molecular complexity index is 74.6. The second-order valence-corrected chi connectivity index (χ2v) is 2.61. The highest BCUT2D eigenvalue weighted by Crippen LogP contribution is 2.27. The maximum absolute atomic E-state index is 12.3. The third-order valence-electron chi connectivity index (χ3n) is 1.78. The molecule has 1 N–H and O–H groups in total. The van der Waals surface area contributed by atoms with Gasteiger partial charge in [-0.1, -0.05) is 6.92 Å². The molecular formula is C6H11FO. The number of aliphatic hydroxyl groups is 1. The van der Waals surface area contributed by atoms with E-state index in [-0.39, 0.29) is 12.0 Å². The van der Waals surface area contributed by atoms with Gasteiger partial charge in [-0.05, 0) is 12.3 Å². The predicted molar refractivity (Wildman–Crippen MR) is 29.3 cm³/mol. The number of rotatable bonds is 0. The molecule has 0 amide bonds. The highest BCUT2D eigenvalue weighted by atomic mass is 19.1. The van der Waals surface area contributed by atoms with Crippen LogP contribution < -0.4 is 0 Å². The predicted octanol–water partition coefficient (Wildman–Crippen LogP) is 1.12. The Labute approximate surface area is 48.5 Å². The van der Waals surface area contributed by atoms with Gasteiger partial charge in [-0.2, -0.15) is 0 Å². The molecule has 1 fully saturated rings. The second-order valence-electron chi connectivity index (χ2n) is 2.61. The third-order valence-corrected chi connectivity index (χ3v) is 1.78. The van der Waals surface area contributed by atoms with Crippen molar-refractivity contribution in [3.63, 3.8) is 0 Å². The van der Waals surface area contributed by atoms with Gasteiger partial charge in [0.05, 0.1) is 6.10 Å². The van der Waals surface area contributed by atoms with Crippen LogP contribution in [-0.4, -0.2) is 17.4 Å². The summed E-state index contributed by atoms with van der Waals surface area (Å²) in [5.41, 5.74) is 0. The van der Waals surface area contributed by atoms with E-state index in [1.54, 1.807) is 0 Å². The van der Waals surface area contributed by atoms with Crippen molar-refractivity contribution in [3.8, 4) is 0 Å². The van der Waals surface area contributed by atoms with E-state index in [1.165, 1.54) is 0 Å². The SMILES string of the molecule is C[C@H]1C[C@H](F)C[C@@H]1O. The minimum absolute atomic E-state index is 0.171. The van der Waals surface area contributed by atoms with Crippen LogP contribution in [0.4, 0.5) is 4.39 Å². The van der Waals surface area contributed by atoms with E-state index < -0.39 is 6.17 Å². The van der Waals surface area contributed by atoms with Gasteiger partial charge in [0, 0.05) is 6.42 Å². The molecule has 1 nitrogen and oxygen atoms in total. The van der Waals surface area contributed by atoms with Crippen molar-refractivity contribution in [3.05, 3.63) is 0 Å². The zero-order valence-electron chi connectivity index (χ0n) is 4.97. The fourth-order valence-electron chi connectivity index (χ4n) is 1.15. The van der Waals surface area contributed by atoms with Gasteiger partial charge >= 0.3 is 0 Å². The standard InChI is InChI=1S/C6H11FO/c1-4-2-5(7)3-6(4)8/h4-6,8H,2-3H2,1H3/t4-,5-,6-/m0/s1. The Morgan fingerprint density at radius 1 is 1.50 bits per heavy atom. The summed E-state index contributed by atoms with van der Waals surface area (Å²) in [5.74, 6) is 0.171. The van der Waals surface area contributed by atoms with E-state index in [0.717, 1.165) is 0 Å². The number of alkyl halides is 1. The van der Waals surface area contributed by atoms with Crippen molar-refractivity contribution >= 4 is 0 Å². The zero-order chi connectivity index (χ0) is 6.15. The van der Waals surface area contributed by atoms with E-state index in [1.807, 2.05) is 6.92 Å². The molecule has 1 saturated carbocycles. The molecule has 0 aromatic rings. The first kappa shape index (κ1) is 6.02. The first-order valence-corrected chi connectivity index (χ1v) is 3.02. The minimum Gasteiger partial charge on any atom is -0.393 e. The summed E-state index contributed by atoms with van der Waals surface area (Å²) in [6.45, 7) is 1.88. The lowest BCUT2D eigenvalue weighted by atomic mass is 10.1. The van der Waals surface area contributed by atoms with Gasteiger partial charge in [0.25, 0.3) is 0 Å². The van der Waals surface area contributed by atoms with Gasteiger partial charge in [0.1, 0.15) is 6.17 Å². The minimum atomic E-state index is -0.750. The molecule has 1 aliphatic carbocycles. The molecule has 0 saturated heterocycles. The molecule has 48 valence electrons. The van der Waals surface area contributed by atoms with E-state index in [2.05, 4.69) is 0 Å². The van der Waals surface area contributed by atoms with Crippen molar-refractivity contribution in [1.82, 2.24) is 0 Å². The van der Waals surface area contributed by atoms with E-state index in [0.29, 0.717) is 12.8 Å². The summed E-state index contributed by atoms with van der Waals surface area (Å²) < 4.78 is 12.3. The molecular weight excluding hydrogens is 107 g/mol. The summed E-state index contributed by atoms with van der Waals surface area (Å²) in [5, 5.41) is 8.93. The zero-order valence-corrected chi connectivity index (χ0v) is 4.97. The lowest BCUT2D eigenvalue weighted by molar-refractivity contribution is 0.137. The van der Waals surface area contributed by atoms with Crippen molar-refractivity contribution in [1.29, 1.82) is 0 Å². The number of aliphatic hydroxyl groups excluding tert-OH is 1. The highest BCUT2D eigenvalue weighted by Gasteiger charge is 2.28. The normalized spacial score (nSPS) is 47.6. The van der Waals surface area contributed by atoms with Gasteiger partial charge in [0.15, 0.2) is 0 Å². The molecule has 0 bridgehead atoms. The first-order chi connectivity index (χ1) is 3.70. The van der Waals surface area contributed by atoms with Gasteiger partial charge in [0.2, 0.25) is 0 Å². The molecule has 2 heteroatoms. The van der Waals surface area contributed by atoms with Gasteiger partial charge < -0.3 is 5.11 Å². The van der Waals surface area contributed by atoms with Gasteiger partial charge in [-0.3, -0.25) is 0 Å². The highest BCUT2D eigenvalue weighted by molar-refractivity contribution is 4.79. The summed E-state index contributed by atoms with van der Waals surface area (Å²) in [6, 6.07) is 0. The molecule has 0 aromatic heterocycles. The monoisotopic (exact) mass is 118 g/mol. The fraction of sp³-hybridized carbons (Fsp3) is 1.00. The van der Waals surface area contributed by atoms with Crippen LogP contribution in [0.15, 0.2) is 0 Å². The lowest BCUT2D eigenvalue weighted by Gasteiger charge is -2.03. The molecule has 0 aromatic carbocycles. The molecule has 0 spiro atoms. The second kappa shape index (κ2) is 2.02.